The van der Waals surface area contributed by atoms with Crippen molar-refractivity contribution in [2.45, 2.75) is 13.8 Å². The van der Waals surface area contributed by atoms with Crippen LogP contribution in [0.4, 0.5) is 0 Å². The predicted octanol–water partition coefficient (Wildman–Crippen LogP) is 4.48. The average Bonchev–Trinajstić information content (AvgIpc) is 3.29. The van der Waals surface area contributed by atoms with Gasteiger partial charge in [0.05, 0.1) is 18.1 Å². The van der Waals surface area contributed by atoms with Gasteiger partial charge in [-0.25, -0.2) is 9.97 Å². The second-order valence-electron chi connectivity index (χ2n) is 6.17. The summed E-state index contributed by atoms with van der Waals surface area (Å²) in [6.07, 6.45) is 3.61. The molecule has 0 amide bonds. The van der Waals surface area contributed by atoms with E-state index in [-0.39, 0.29) is 0 Å². The van der Waals surface area contributed by atoms with Gasteiger partial charge in [0.2, 0.25) is 0 Å². The van der Waals surface area contributed by atoms with Gasteiger partial charge in [-0.3, -0.25) is 0 Å². The Morgan fingerprint density at radius 1 is 0.654 bits per heavy atom. The van der Waals surface area contributed by atoms with Gasteiger partial charge in [-0.05, 0) is 48.6 Å². The van der Waals surface area contributed by atoms with E-state index in [1.807, 2.05) is 32.2 Å². The molecule has 0 spiro atoms. The van der Waals surface area contributed by atoms with E-state index in [0.29, 0.717) is 0 Å². The maximum absolute atomic E-state index is 4.25. The third-order valence-electron chi connectivity index (χ3n) is 4.16. The van der Waals surface area contributed by atoms with Crippen LogP contribution in [0.1, 0.15) is 22.9 Å². The summed E-state index contributed by atoms with van der Waals surface area (Å²) in [5, 5.41) is 0. The number of nitrogens with one attached hydrogen (secondary N) is 2. The molecule has 2 N–H and O–H groups in total. The Bertz CT molecular complexity index is 1090. The van der Waals surface area contributed by atoms with E-state index in [2.05, 4.69) is 68.2 Å². The van der Waals surface area contributed by atoms with Crippen molar-refractivity contribution >= 4 is 0 Å². The number of nitrogens with zero attached hydrogens (tertiary/aromatic N) is 2. The van der Waals surface area contributed by atoms with E-state index in [1.165, 1.54) is 11.1 Å². The van der Waals surface area contributed by atoms with E-state index >= 15 is 0 Å². The van der Waals surface area contributed by atoms with Gasteiger partial charge in [-0.15, -0.1) is 0 Å². The van der Waals surface area contributed by atoms with Crippen LogP contribution in [0.5, 0.6) is 0 Å². The van der Waals surface area contributed by atoms with E-state index in [9.17, 15) is 0 Å². The highest BCUT2D eigenvalue weighted by molar-refractivity contribution is 5.69. The zero-order valence-corrected chi connectivity index (χ0v) is 14.7. The monoisotopic (exact) mass is 338 g/mol. The Kier molecular flexibility index (Phi) is 4.12. The molecule has 4 rings (SSSR count). The van der Waals surface area contributed by atoms with Crippen LogP contribution in [0.2, 0.25) is 0 Å². The number of aromatic nitrogens is 4. The van der Waals surface area contributed by atoms with Crippen molar-refractivity contribution in [1.29, 1.82) is 0 Å². The fraction of sp³-hybridized carbons (Fsp3) is 0.0909. The Balaban J connectivity index is 1.52. The number of aryl methyl sites for hydroxylation is 2. The molecule has 2 heterocycles. The van der Waals surface area contributed by atoms with Crippen LogP contribution in [-0.4, -0.2) is 19.9 Å². The minimum absolute atomic E-state index is 0.830. The molecule has 4 nitrogen and oxygen atoms in total. The summed E-state index contributed by atoms with van der Waals surface area (Å²) >= 11 is 0. The van der Waals surface area contributed by atoms with Crippen LogP contribution in [0.25, 0.3) is 22.4 Å². The Morgan fingerprint density at radius 3 is 1.81 bits per heavy atom. The standard InChI is InChI=1S/C22H18N4/c1-15-23-13-21(25-15)12-5-17-3-6-18(7-4-17)19-8-10-20(11-9-19)22-14-24-16(2)26-22/h3-4,6-11,13-14H,1-2H3,(H,23,25)(H,24,26). The molecule has 4 heteroatoms. The van der Waals surface area contributed by atoms with Gasteiger partial charge < -0.3 is 9.97 Å². The Morgan fingerprint density at radius 2 is 1.23 bits per heavy atom. The maximum Gasteiger partial charge on any atom is 0.110 e. The first-order chi connectivity index (χ1) is 12.7. The molecule has 0 radical (unpaired) electrons. The fourth-order valence-electron chi connectivity index (χ4n) is 2.78. The summed E-state index contributed by atoms with van der Waals surface area (Å²) in [5.74, 6) is 8.04. The summed E-state index contributed by atoms with van der Waals surface area (Å²) in [6.45, 7) is 3.87. The highest BCUT2D eigenvalue weighted by Crippen LogP contribution is 2.24. The molecule has 0 aliphatic rings. The molecular weight excluding hydrogens is 320 g/mol. The van der Waals surface area contributed by atoms with Gasteiger partial charge in [0, 0.05) is 5.56 Å². The van der Waals surface area contributed by atoms with Crippen molar-refractivity contribution in [3.8, 4) is 34.2 Å². The molecule has 0 aliphatic carbocycles. The lowest BCUT2D eigenvalue weighted by atomic mass is 10.0. The van der Waals surface area contributed by atoms with E-state index in [4.69, 9.17) is 0 Å². The zero-order valence-electron chi connectivity index (χ0n) is 14.7. The summed E-state index contributed by atoms with van der Waals surface area (Å²) in [6, 6.07) is 16.7. The van der Waals surface area contributed by atoms with Crippen molar-refractivity contribution in [1.82, 2.24) is 19.9 Å². The number of hydrogen-bond acceptors (Lipinski definition) is 2. The van der Waals surface area contributed by atoms with Crippen LogP contribution in [-0.2, 0) is 0 Å². The summed E-state index contributed by atoms with van der Waals surface area (Å²) in [4.78, 5) is 14.8. The Hall–Kier alpha value is -3.58. The third-order valence-corrected chi connectivity index (χ3v) is 4.16. The summed E-state index contributed by atoms with van der Waals surface area (Å²) in [5.41, 5.74) is 6.32. The predicted molar refractivity (Wildman–Crippen MR) is 104 cm³/mol. The molecule has 0 unspecified atom stereocenters. The van der Waals surface area contributed by atoms with Gasteiger partial charge in [0.25, 0.3) is 0 Å². The first-order valence-corrected chi connectivity index (χ1v) is 8.43. The van der Waals surface area contributed by atoms with E-state index < -0.39 is 0 Å². The van der Waals surface area contributed by atoms with Crippen LogP contribution in [0, 0.1) is 25.7 Å². The van der Waals surface area contributed by atoms with Gasteiger partial charge >= 0.3 is 0 Å². The minimum Gasteiger partial charge on any atom is -0.342 e. The summed E-state index contributed by atoms with van der Waals surface area (Å²) < 4.78 is 0. The number of H-pyrrole nitrogens is 2. The van der Waals surface area contributed by atoms with Crippen LogP contribution in [0.15, 0.2) is 60.9 Å². The van der Waals surface area contributed by atoms with Crippen molar-refractivity contribution < 1.29 is 0 Å². The number of aromatic amines is 2. The molecule has 4 aromatic rings. The first-order valence-electron chi connectivity index (χ1n) is 8.43. The van der Waals surface area contributed by atoms with Crippen LogP contribution >= 0.6 is 0 Å². The third kappa shape index (κ3) is 3.42. The molecule has 126 valence electrons. The molecular formula is C22H18N4. The molecule has 0 aliphatic heterocycles. The van der Waals surface area contributed by atoms with Gasteiger partial charge in [0.15, 0.2) is 0 Å². The zero-order chi connectivity index (χ0) is 17.9. The number of hydrogen-bond donors (Lipinski definition) is 2. The van der Waals surface area contributed by atoms with Crippen molar-refractivity contribution in [3.63, 3.8) is 0 Å². The second-order valence-corrected chi connectivity index (χ2v) is 6.17. The van der Waals surface area contributed by atoms with E-state index in [1.54, 1.807) is 6.20 Å². The van der Waals surface area contributed by atoms with Gasteiger partial charge in [-0.2, -0.15) is 0 Å². The van der Waals surface area contributed by atoms with Crippen molar-refractivity contribution in [2.75, 3.05) is 0 Å². The minimum atomic E-state index is 0.830. The number of benzene rings is 2. The van der Waals surface area contributed by atoms with Crippen molar-refractivity contribution in [3.05, 3.63) is 83.8 Å². The summed E-state index contributed by atoms with van der Waals surface area (Å²) in [7, 11) is 0. The normalized spacial score (nSPS) is 10.4. The lowest BCUT2D eigenvalue weighted by Gasteiger charge is -2.04. The lowest BCUT2D eigenvalue weighted by Crippen LogP contribution is -1.82. The average molecular weight is 338 g/mol. The Labute approximate surface area is 152 Å². The SMILES string of the molecule is Cc1ncc(C#Cc2ccc(-c3ccc(-c4cnc(C)[nH]4)cc3)cc2)[nH]1. The number of imidazole rings is 2. The smallest absolute Gasteiger partial charge is 0.110 e. The second kappa shape index (κ2) is 6.73. The highest BCUT2D eigenvalue weighted by atomic mass is 14.9. The maximum atomic E-state index is 4.25. The van der Waals surface area contributed by atoms with Crippen molar-refractivity contribution in [2.24, 2.45) is 0 Å². The largest absolute Gasteiger partial charge is 0.342 e. The molecule has 0 bridgehead atoms. The first kappa shape index (κ1) is 15.9. The number of rotatable bonds is 2. The quantitative estimate of drug-likeness (QED) is 0.529. The fourth-order valence-corrected chi connectivity index (χ4v) is 2.78. The molecule has 0 saturated carbocycles. The van der Waals surface area contributed by atoms with Gasteiger partial charge in [-0.1, -0.05) is 42.3 Å². The topological polar surface area (TPSA) is 57.4 Å². The van der Waals surface area contributed by atoms with Crippen LogP contribution < -0.4 is 0 Å². The molecule has 0 fully saturated rings. The molecule has 0 atom stereocenters. The molecule has 0 saturated heterocycles. The highest BCUT2D eigenvalue weighted by Gasteiger charge is 2.02. The molecule has 26 heavy (non-hydrogen) atoms. The van der Waals surface area contributed by atoms with Crippen LogP contribution in [0.3, 0.4) is 0 Å². The lowest BCUT2D eigenvalue weighted by molar-refractivity contribution is 1.14. The van der Waals surface area contributed by atoms with Gasteiger partial charge in [0.1, 0.15) is 17.3 Å². The molecule has 2 aromatic carbocycles. The van der Waals surface area contributed by atoms with E-state index in [0.717, 1.165) is 34.2 Å². The molecule has 2 aromatic heterocycles.